The lowest BCUT2D eigenvalue weighted by atomic mass is 10.1. The maximum absolute atomic E-state index is 6.08. The van der Waals surface area contributed by atoms with Crippen molar-refractivity contribution in [2.24, 2.45) is 5.73 Å². The van der Waals surface area contributed by atoms with Crippen LogP contribution in [0.2, 0.25) is 0 Å². The molecule has 0 bridgehead atoms. The summed E-state index contributed by atoms with van der Waals surface area (Å²) in [4.78, 5) is 0. The number of hydrogen-bond donors (Lipinski definition) is 1. The van der Waals surface area contributed by atoms with E-state index in [1.807, 2.05) is 55.5 Å². The van der Waals surface area contributed by atoms with E-state index in [2.05, 4.69) is 6.92 Å². The van der Waals surface area contributed by atoms with Crippen LogP contribution in [-0.4, -0.2) is 6.61 Å². The lowest BCUT2D eigenvalue weighted by Crippen LogP contribution is -2.09. The molecule has 0 aliphatic heterocycles. The zero-order valence-electron chi connectivity index (χ0n) is 12.7. The zero-order chi connectivity index (χ0) is 15.1. The lowest BCUT2D eigenvalue weighted by molar-refractivity contribution is 0.269. The average molecular weight is 285 g/mol. The molecule has 0 fully saturated rings. The molecule has 0 aromatic heterocycles. The number of ether oxygens (including phenoxy) is 2. The Morgan fingerprint density at radius 3 is 2.38 bits per heavy atom. The predicted octanol–water partition coefficient (Wildman–Crippen LogP) is 4.07. The van der Waals surface area contributed by atoms with Gasteiger partial charge in [0, 0.05) is 6.04 Å². The summed E-state index contributed by atoms with van der Waals surface area (Å²) in [7, 11) is 0. The van der Waals surface area contributed by atoms with Gasteiger partial charge in [0.1, 0.15) is 6.61 Å². The molecular weight excluding hydrogens is 262 g/mol. The van der Waals surface area contributed by atoms with Crippen molar-refractivity contribution in [2.75, 3.05) is 6.61 Å². The van der Waals surface area contributed by atoms with Crippen LogP contribution in [0.25, 0.3) is 0 Å². The second kappa shape index (κ2) is 7.70. The van der Waals surface area contributed by atoms with Crippen LogP contribution in [0.1, 0.15) is 37.4 Å². The summed E-state index contributed by atoms with van der Waals surface area (Å²) in [6.07, 6.45) is 0.899. The van der Waals surface area contributed by atoms with Gasteiger partial charge in [-0.1, -0.05) is 43.3 Å². The van der Waals surface area contributed by atoms with E-state index in [0.29, 0.717) is 13.2 Å². The average Bonchev–Trinajstić information content (AvgIpc) is 2.54. The van der Waals surface area contributed by atoms with E-state index in [9.17, 15) is 0 Å². The van der Waals surface area contributed by atoms with E-state index in [1.165, 1.54) is 0 Å². The van der Waals surface area contributed by atoms with Gasteiger partial charge < -0.3 is 15.2 Å². The summed E-state index contributed by atoms with van der Waals surface area (Å²) >= 11 is 0. The van der Waals surface area contributed by atoms with E-state index >= 15 is 0 Å². The monoisotopic (exact) mass is 285 g/mol. The molecule has 2 N–H and O–H groups in total. The van der Waals surface area contributed by atoms with E-state index in [1.54, 1.807) is 0 Å². The first-order valence-corrected chi connectivity index (χ1v) is 7.43. The number of hydrogen-bond acceptors (Lipinski definition) is 3. The highest BCUT2D eigenvalue weighted by atomic mass is 16.5. The molecule has 112 valence electrons. The first kappa shape index (κ1) is 15.4. The van der Waals surface area contributed by atoms with Gasteiger partial charge in [0.15, 0.2) is 11.5 Å². The second-order valence-electron chi connectivity index (χ2n) is 4.93. The van der Waals surface area contributed by atoms with E-state index in [0.717, 1.165) is 29.0 Å². The van der Waals surface area contributed by atoms with Crippen LogP contribution in [0.15, 0.2) is 48.5 Å². The number of rotatable bonds is 7. The van der Waals surface area contributed by atoms with E-state index in [4.69, 9.17) is 15.2 Å². The Labute approximate surface area is 126 Å². The third-order valence-corrected chi connectivity index (χ3v) is 3.37. The van der Waals surface area contributed by atoms with Crippen molar-refractivity contribution in [3.05, 3.63) is 59.7 Å². The van der Waals surface area contributed by atoms with Crippen LogP contribution in [0, 0.1) is 0 Å². The van der Waals surface area contributed by atoms with Gasteiger partial charge in [0.2, 0.25) is 0 Å². The van der Waals surface area contributed by atoms with Gasteiger partial charge in [-0.3, -0.25) is 0 Å². The topological polar surface area (TPSA) is 44.5 Å². The highest BCUT2D eigenvalue weighted by Gasteiger charge is 2.10. The third kappa shape index (κ3) is 4.23. The van der Waals surface area contributed by atoms with Crippen molar-refractivity contribution in [1.29, 1.82) is 0 Å². The molecule has 0 saturated heterocycles. The molecule has 0 radical (unpaired) electrons. The second-order valence-corrected chi connectivity index (χ2v) is 4.93. The Hall–Kier alpha value is -2.00. The zero-order valence-corrected chi connectivity index (χ0v) is 12.7. The number of nitrogens with two attached hydrogens (primary N) is 1. The molecular formula is C18H23NO2. The van der Waals surface area contributed by atoms with Gasteiger partial charge in [-0.15, -0.1) is 0 Å². The van der Waals surface area contributed by atoms with Crippen LogP contribution in [-0.2, 0) is 6.61 Å². The van der Waals surface area contributed by atoms with E-state index in [-0.39, 0.29) is 6.04 Å². The van der Waals surface area contributed by atoms with Gasteiger partial charge in [-0.25, -0.2) is 0 Å². The molecule has 0 aliphatic carbocycles. The summed E-state index contributed by atoms with van der Waals surface area (Å²) in [5, 5.41) is 0. The van der Waals surface area contributed by atoms with Crippen LogP contribution in [0.3, 0.4) is 0 Å². The summed E-state index contributed by atoms with van der Waals surface area (Å²) in [5.41, 5.74) is 8.29. The van der Waals surface area contributed by atoms with E-state index < -0.39 is 0 Å². The lowest BCUT2D eigenvalue weighted by Gasteiger charge is -2.16. The van der Waals surface area contributed by atoms with Crippen LogP contribution < -0.4 is 15.2 Å². The quantitative estimate of drug-likeness (QED) is 0.834. The first-order chi connectivity index (χ1) is 10.2. The van der Waals surface area contributed by atoms with Crippen LogP contribution in [0.4, 0.5) is 0 Å². The largest absolute Gasteiger partial charge is 0.490 e. The molecule has 0 aliphatic rings. The standard InChI is InChI=1S/C18H23NO2/c1-3-16(19)15-10-11-17(18(12-15)20-4-2)21-13-14-8-6-5-7-9-14/h5-12,16H,3-4,13,19H2,1-2H3/t16-/m1/s1. The van der Waals surface area contributed by atoms with Gasteiger partial charge >= 0.3 is 0 Å². The SMILES string of the molecule is CCOc1cc([C@H](N)CC)ccc1OCc1ccccc1. The molecule has 2 rings (SSSR count). The number of benzene rings is 2. The molecule has 3 heteroatoms. The maximum Gasteiger partial charge on any atom is 0.161 e. The molecule has 0 spiro atoms. The minimum Gasteiger partial charge on any atom is -0.490 e. The summed E-state index contributed by atoms with van der Waals surface area (Å²) in [6.45, 7) is 5.17. The van der Waals surface area contributed by atoms with Gasteiger partial charge in [-0.2, -0.15) is 0 Å². The Morgan fingerprint density at radius 2 is 1.71 bits per heavy atom. The Morgan fingerprint density at radius 1 is 0.952 bits per heavy atom. The molecule has 0 unspecified atom stereocenters. The molecule has 2 aromatic rings. The molecule has 2 aromatic carbocycles. The minimum absolute atomic E-state index is 0.0346. The minimum atomic E-state index is 0.0346. The Balaban J connectivity index is 2.14. The van der Waals surface area contributed by atoms with Crippen molar-refractivity contribution < 1.29 is 9.47 Å². The van der Waals surface area contributed by atoms with Crippen molar-refractivity contribution in [2.45, 2.75) is 32.9 Å². The van der Waals surface area contributed by atoms with Crippen molar-refractivity contribution >= 4 is 0 Å². The predicted molar refractivity (Wildman–Crippen MR) is 85.6 cm³/mol. The van der Waals surface area contributed by atoms with Crippen molar-refractivity contribution in [3.8, 4) is 11.5 Å². The molecule has 0 amide bonds. The maximum atomic E-state index is 6.08. The normalized spacial score (nSPS) is 12.0. The fourth-order valence-corrected chi connectivity index (χ4v) is 2.11. The molecule has 21 heavy (non-hydrogen) atoms. The molecule has 3 nitrogen and oxygen atoms in total. The fourth-order valence-electron chi connectivity index (χ4n) is 2.11. The third-order valence-electron chi connectivity index (χ3n) is 3.37. The summed E-state index contributed by atoms with van der Waals surface area (Å²) < 4.78 is 11.6. The van der Waals surface area contributed by atoms with Gasteiger partial charge in [0.05, 0.1) is 6.61 Å². The first-order valence-electron chi connectivity index (χ1n) is 7.43. The summed E-state index contributed by atoms with van der Waals surface area (Å²) in [6, 6.07) is 16.1. The fraction of sp³-hybridized carbons (Fsp3) is 0.333. The van der Waals surface area contributed by atoms with Crippen LogP contribution >= 0.6 is 0 Å². The summed E-state index contributed by atoms with van der Waals surface area (Å²) in [5.74, 6) is 1.52. The van der Waals surface area contributed by atoms with Gasteiger partial charge in [0.25, 0.3) is 0 Å². The highest BCUT2D eigenvalue weighted by Crippen LogP contribution is 2.31. The highest BCUT2D eigenvalue weighted by molar-refractivity contribution is 5.44. The molecule has 0 saturated carbocycles. The Kier molecular flexibility index (Phi) is 5.64. The molecule has 0 heterocycles. The molecule has 1 atom stereocenters. The van der Waals surface area contributed by atoms with Crippen molar-refractivity contribution in [3.63, 3.8) is 0 Å². The van der Waals surface area contributed by atoms with Crippen molar-refractivity contribution in [1.82, 2.24) is 0 Å². The Bertz CT molecular complexity index is 554. The van der Waals surface area contributed by atoms with Crippen LogP contribution in [0.5, 0.6) is 11.5 Å². The smallest absolute Gasteiger partial charge is 0.161 e. The van der Waals surface area contributed by atoms with Gasteiger partial charge in [-0.05, 0) is 36.6 Å².